The quantitative estimate of drug-likeness (QED) is 0.756. The Kier molecular flexibility index (Phi) is 4.20. The first-order valence-corrected chi connectivity index (χ1v) is 8.63. The molecule has 25 heavy (non-hydrogen) atoms. The van der Waals surface area contributed by atoms with Crippen molar-refractivity contribution in [3.05, 3.63) is 24.0 Å². The van der Waals surface area contributed by atoms with Crippen molar-refractivity contribution in [3.8, 4) is 0 Å². The smallest absolute Gasteiger partial charge is 0.407 e. The van der Waals surface area contributed by atoms with Crippen LogP contribution in [0.2, 0.25) is 0 Å². The summed E-state index contributed by atoms with van der Waals surface area (Å²) >= 11 is 0. The second-order valence-corrected chi connectivity index (χ2v) is 8.19. The Morgan fingerprint density at radius 3 is 2.72 bits per heavy atom. The Morgan fingerprint density at radius 1 is 1.48 bits per heavy atom. The molecule has 1 aromatic heterocycles. The molecule has 1 aliphatic heterocycles. The summed E-state index contributed by atoms with van der Waals surface area (Å²) in [5.74, 6) is 0. The number of nitrogens with two attached hydrogens (primary N) is 1. The van der Waals surface area contributed by atoms with Crippen LogP contribution in [0.15, 0.2) is 18.5 Å². The molecule has 1 spiro atoms. The largest absolute Gasteiger partial charge is 0.444 e. The molecule has 2 aliphatic rings. The number of carbonyl (C=O) groups is 1. The van der Waals surface area contributed by atoms with Crippen molar-refractivity contribution < 1.29 is 19.4 Å². The summed E-state index contributed by atoms with van der Waals surface area (Å²) in [5.41, 5.74) is 4.97. The van der Waals surface area contributed by atoms with E-state index in [1.807, 2.05) is 6.07 Å². The minimum atomic E-state index is -1.18. The van der Waals surface area contributed by atoms with Gasteiger partial charge in [0.25, 0.3) is 0 Å². The first-order valence-electron chi connectivity index (χ1n) is 8.63. The number of hydrogen-bond donors (Lipinski definition) is 3. The van der Waals surface area contributed by atoms with Gasteiger partial charge >= 0.3 is 6.09 Å². The maximum Gasteiger partial charge on any atom is 0.407 e. The molecule has 0 aromatic carbocycles. The number of aromatic nitrogens is 1. The molecule has 0 radical (unpaired) electrons. The molecule has 1 aliphatic carbocycles. The Hall–Kier alpha value is -1.86. The number of carbonyl (C=O) groups excluding carboxylic acids is 1. The molecule has 138 valence electrons. The monoisotopic (exact) mass is 349 g/mol. The van der Waals surface area contributed by atoms with Crippen LogP contribution in [0.1, 0.15) is 58.6 Å². The Morgan fingerprint density at radius 2 is 2.16 bits per heavy atom. The highest BCUT2D eigenvalue weighted by atomic mass is 16.6. The molecule has 2 heterocycles. The van der Waals surface area contributed by atoms with E-state index in [4.69, 9.17) is 15.2 Å². The maximum atomic E-state index is 12.2. The van der Waals surface area contributed by atoms with Crippen molar-refractivity contribution >= 4 is 11.8 Å². The fourth-order valence-corrected chi connectivity index (χ4v) is 3.49. The Balaban J connectivity index is 1.83. The molecular formula is C18H27N3O4. The Bertz CT molecular complexity index is 665. The third-order valence-electron chi connectivity index (χ3n) is 5.05. The molecular weight excluding hydrogens is 322 g/mol. The minimum absolute atomic E-state index is 0.314. The fraction of sp³-hybridized carbons (Fsp3) is 0.667. The van der Waals surface area contributed by atoms with E-state index in [9.17, 15) is 9.90 Å². The fourth-order valence-electron chi connectivity index (χ4n) is 3.49. The molecule has 3 atom stereocenters. The maximum absolute atomic E-state index is 12.2. The van der Waals surface area contributed by atoms with E-state index in [2.05, 4.69) is 10.3 Å². The first kappa shape index (κ1) is 17.9. The van der Waals surface area contributed by atoms with E-state index < -0.39 is 28.9 Å². The van der Waals surface area contributed by atoms with Gasteiger partial charge in [-0.25, -0.2) is 4.79 Å². The molecule has 7 nitrogen and oxygen atoms in total. The SMILES string of the molecule is CC(C)(C)OC(=O)N[C@H]1C[C@@H](c2ccncc2N)OC2(CC2)[C@]1(C)O. The zero-order valence-corrected chi connectivity index (χ0v) is 15.2. The molecule has 2 fully saturated rings. The van der Waals surface area contributed by atoms with Crippen molar-refractivity contribution in [2.24, 2.45) is 0 Å². The average Bonchev–Trinajstić information content (AvgIpc) is 3.24. The van der Waals surface area contributed by atoms with Gasteiger partial charge < -0.3 is 25.6 Å². The van der Waals surface area contributed by atoms with Gasteiger partial charge in [-0.05, 0) is 46.6 Å². The zero-order chi connectivity index (χ0) is 18.5. The van der Waals surface area contributed by atoms with E-state index in [0.29, 0.717) is 12.1 Å². The van der Waals surface area contributed by atoms with E-state index in [1.165, 1.54) is 0 Å². The number of nitrogens with zero attached hydrogens (tertiary/aromatic N) is 1. The third kappa shape index (κ3) is 3.43. The third-order valence-corrected chi connectivity index (χ3v) is 5.05. The van der Waals surface area contributed by atoms with Crippen molar-refractivity contribution in [1.29, 1.82) is 0 Å². The van der Waals surface area contributed by atoms with Gasteiger partial charge in [0.05, 0.1) is 29.6 Å². The summed E-state index contributed by atoms with van der Waals surface area (Å²) in [7, 11) is 0. The second kappa shape index (κ2) is 5.85. The van der Waals surface area contributed by atoms with Gasteiger partial charge in [-0.3, -0.25) is 4.98 Å². The van der Waals surface area contributed by atoms with Crippen LogP contribution in [-0.2, 0) is 9.47 Å². The number of alkyl carbamates (subject to hydrolysis) is 1. The molecule has 0 bridgehead atoms. The average molecular weight is 349 g/mol. The van der Waals surface area contributed by atoms with E-state index in [0.717, 1.165) is 18.4 Å². The lowest BCUT2D eigenvalue weighted by atomic mass is 9.80. The van der Waals surface area contributed by atoms with Gasteiger partial charge in [-0.1, -0.05) is 0 Å². The predicted molar refractivity (Wildman–Crippen MR) is 92.8 cm³/mol. The molecule has 1 saturated carbocycles. The lowest BCUT2D eigenvalue weighted by molar-refractivity contribution is -0.200. The summed E-state index contributed by atoms with van der Waals surface area (Å²) in [6.07, 6.45) is 4.28. The van der Waals surface area contributed by atoms with Crippen molar-refractivity contribution in [2.75, 3.05) is 5.73 Å². The second-order valence-electron chi connectivity index (χ2n) is 8.19. The summed E-state index contributed by atoms with van der Waals surface area (Å²) in [5, 5.41) is 13.9. The highest BCUT2D eigenvalue weighted by molar-refractivity contribution is 5.68. The minimum Gasteiger partial charge on any atom is -0.444 e. The first-order chi connectivity index (χ1) is 11.5. The predicted octanol–water partition coefficient (Wildman–Crippen LogP) is 2.30. The van der Waals surface area contributed by atoms with Crippen LogP contribution in [0.25, 0.3) is 0 Å². The molecule has 3 rings (SSSR count). The van der Waals surface area contributed by atoms with Crippen molar-refractivity contribution in [3.63, 3.8) is 0 Å². The number of aliphatic hydroxyl groups is 1. The highest BCUT2D eigenvalue weighted by Gasteiger charge is 2.65. The zero-order valence-electron chi connectivity index (χ0n) is 15.2. The van der Waals surface area contributed by atoms with Crippen molar-refractivity contribution in [2.45, 2.75) is 75.9 Å². The number of nitrogen functional groups attached to an aromatic ring is 1. The molecule has 1 aromatic rings. The van der Waals surface area contributed by atoms with Crippen LogP contribution in [-0.4, -0.2) is 39.0 Å². The van der Waals surface area contributed by atoms with Gasteiger partial charge in [-0.2, -0.15) is 0 Å². The summed E-state index contributed by atoms with van der Waals surface area (Å²) in [6, 6.07) is 1.32. The van der Waals surface area contributed by atoms with E-state index >= 15 is 0 Å². The molecule has 1 saturated heterocycles. The highest BCUT2D eigenvalue weighted by Crippen LogP contribution is 2.57. The van der Waals surface area contributed by atoms with Crippen molar-refractivity contribution in [1.82, 2.24) is 10.3 Å². The number of hydrogen-bond acceptors (Lipinski definition) is 6. The number of anilines is 1. The number of nitrogens with one attached hydrogen (secondary N) is 1. The topological polar surface area (TPSA) is 107 Å². The van der Waals surface area contributed by atoms with Gasteiger partial charge in [-0.15, -0.1) is 0 Å². The van der Waals surface area contributed by atoms with Gasteiger partial charge in [0, 0.05) is 18.2 Å². The van der Waals surface area contributed by atoms with Crippen LogP contribution in [0.3, 0.4) is 0 Å². The van der Waals surface area contributed by atoms with Crippen LogP contribution >= 0.6 is 0 Å². The normalized spacial score (nSPS) is 30.8. The molecule has 1 amide bonds. The number of amides is 1. The molecule has 4 N–H and O–H groups in total. The van der Waals surface area contributed by atoms with Crippen LogP contribution in [0, 0.1) is 0 Å². The summed E-state index contributed by atoms with van der Waals surface area (Å²) in [6.45, 7) is 7.13. The standard InChI is InChI=1S/C18H27N3O4/c1-16(2,3)25-15(22)21-14-9-13(11-5-8-20-10-12(11)19)24-18(6-7-18)17(14,4)23/h5,8,10,13-14,23H,6-7,9,19H2,1-4H3,(H,21,22)/t13-,14-,17+/m0/s1. The Labute approximate surface area is 147 Å². The number of ether oxygens (including phenoxy) is 2. The van der Waals surface area contributed by atoms with E-state index in [1.54, 1.807) is 40.1 Å². The van der Waals surface area contributed by atoms with Gasteiger partial charge in [0.15, 0.2) is 0 Å². The summed E-state index contributed by atoms with van der Waals surface area (Å²) < 4.78 is 11.6. The van der Waals surface area contributed by atoms with Gasteiger partial charge in [0.2, 0.25) is 0 Å². The summed E-state index contributed by atoms with van der Waals surface area (Å²) in [4.78, 5) is 16.2. The number of pyridine rings is 1. The van der Waals surface area contributed by atoms with Crippen LogP contribution in [0.5, 0.6) is 0 Å². The van der Waals surface area contributed by atoms with E-state index in [-0.39, 0.29) is 6.10 Å². The molecule has 0 unspecified atom stereocenters. The lowest BCUT2D eigenvalue weighted by Gasteiger charge is -2.47. The van der Waals surface area contributed by atoms with Gasteiger partial charge in [0.1, 0.15) is 11.2 Å². The molecule has 7 heteroatoms. The lowest BCUT2D eigenvalue weighted by Crippen LogP contribution is -2.63. The van der Waals surface area contributed by atoms with Crippen LogP contribution in [0.4, 0.5) is 10.5 Å². The van der Waals surface area contributed by atoms with Crippen LogP contribution < -0.4 is 11.1 Å². The number of rotatable bonds is 2.